The fraction of sp³-hybridized carbons (Fsp3) is 0.273. The molecule has 1 aromatic carbocycles. The first-order valence-electron chi connectivity index (χ1n) is 5.47. The summed E-state index contributed by atoms with van der Waals surface area (Å²) in [5.41, 5.74) is 0.634. The summed E-state index contributed by atoms with van der Waals surface area (Å²) >= 11 is 3.03. The standard InChI is InChI=1S/C11H10BrF3N4O/c1-19-6-17-18-10(19)5-16-7-2-3-9(8(12)4-7)20-11(13,14)15/h2-4,6,16H,5H2,1H3. The lowest BCUT2D eigenvalue weighted by molar-refractivity contribution is -0.274. The fourth-order valence-corrected chi connectivity index (χ4v) is 1.93. The molecule has 0 spiro atoms. The van der Waals surface area contributed by atoms with Crippen molar-refractivity contribution in [2.75, 3.05) is 5.32 Å². The van der Waals surface area contributed by atoms with Gasteiger partial charge in [0.1, 0.15) is 12.1 Å². The zero-order valence-electron chi connectivity index (χ0n) is 10.3. The molecule has 0 unspecified atom stereocenters. The van der Waals surface area contributed by atoms with Crippen LogP contribution in [0.2, 0.25) is 0 Å². The molecule has 0 radical (unpaired) electrons. The van der Waals surface area contributed by atoms with Crippen molar-refractivity contribution in [2.45, 2.75) is 12.9 Å². The Kier molecular flexibility index (Phi) is 4.17. The number of halogens is 4. The zero-order valence-corrected chi connectivity index (χ0v) is 11.9. The number of nitrogens with zero attached hydrogens (tertiary/aromatic N) is 3. The van der Waals surface area contributed by atoms with Gasteiger partial charge in [0.05, 0.1) is 11.0 Å². The number of hydrogen-bond donors (Lipinski definition) is 1. The molecule has 9 heteroatoms. The van der Waals surface area contributed by atoms with Gasteiger partial charge in [0.2, 0.25) is 0 Å². The van der Waals surface area contributed by atoms with Gasteiger partial charge >= 0.3 is 6.36 Å². The van der Waals surface area contributed by atoms with E-state index in [9.17, 15) is 13.2 Å². The topological polar surface area (TPSA) is 52.0 Å². The minimum absolute atomic E-state index is 0.206. The van der Waals surface area contributed by atoms with E-state index in [1.54, 1.807) is 17.9 Å². The largest absolute Gasteiger partial charge is 0.573 e. The summed E-state index contributed by atoms with van der Waals surface area (Å²) in [6, 6.07) is 4.22. The van der Waals surface area contributed by atoms with Crippen molar-refractivity contribution in [3.8, 4) is 5.75 Å². The van der Waals surface area contributed by atoms with Crippen LogP contribution in [0.25, 0.3) is 0 Å². The lowest BCUT2D eigenvalue weighted by Gasteiger charge is -2.12. The fourth-order valence-electron chi connectivity index (χ4n) is 1.47. The predicted octanol–water partition coefficient (Wildman–Crippen LogP) is 3.09. The van der Waals surface area contributed by atoms with Crippen LogP contribution in [0.5, 0.6) is 5.75 Å². The zero-order chi connectivity index (χ0) is 14.8. The van der Waals surface area contributed by atoms with Gasteiger partial charge < -0.3 is 14.6 Å². The summed E-state index contributed by atoms with van der Waals surface area (Å²) in [6.07, 6.45) is -3.15. The van der Waals surface area contributed by atoms with E-state index >= 15 is 0 Å². The quantitative estimate of drug-likeness (QED) is 0.920. The first kappa shape index (κ1) is 14.6. The van der Waals surface area contributed by atoms with Gasteiger partial charge in [-0.3, -0.25) is 0 Å². The Morgan fingerprint density at radius 3 is 2.70 bits per heavy atom. The van der Waals surface area contributed by atoms with Crippen LogP contribution in [0.15, 0.2) is 29.0 Å². The van der Waals surface area contributed by atoms with Crippen molar-refractivity contribution in [1.29, 1.82) is 0 Å². The number of aryl methyl sites for hydroxylation is 1. The van der Waals surface area contributed by atoms with Gasteiger partial charge in [-0.15, -0.1) is 23.4 Å². The van der Waals surface area contributed by atoms with Gasteiger partial charge in [0, 0.05) is 12.7 Å². The molecule has 0 amide bonds. The number of anilines is 1. The van der Waals surface area contributed by atoms with Crippen molar-refractivity contribution in [2.24, 2.45) is 7.05 Å². The van der Waals surface area contributed by atoms with E-state index < -0.39 is 6.36 Å². The summed E-state index contributed by atoms with van der Waals surface area (Å²) in [5, 5.41) is 10.6. The molecule has 2 rings (SSSR count). The Bertz CT molecular complexity index is 600. The predicted molar refractivity (Wildman–Crippen MR) is 69.2 cm³/mol. The molecule has 0 aliphatic rings. The third kappa shape index (κ3) is 3.86. The Morgan fingerprint density at radius 1 is 1.40 bits per heavy atom. The Morgan fingerprint density at radius 2 is 2.15 bits per heavy atom. The third-order valence-corrected chi connectivity index (χ3v) is 3.03. The minimum Gasteiger partial charge on any atom is -0.405 e. The molecule has 1 aromatic heterocycles. The third-order valence-electron chi connectivity index (χ3n) is 2.41. The molecule has 2 aromatic rings. The summed E-state index contributed by atoms with van der Waals surface area (Å²) in [7, 11) is 1.80. The Balaban J connectivity index is 2.04. The minimum atomic E-state index is -4.71. The van der Waals surface area contributed by atoms with Gasteiger partial charge in [0.25, 0.3) is 0 Å². The van der Waals surface area contributed by atoms with Crippen molar-refractivity contribution in [1.82, 2.24) is 14.8 Å². The number of benzene rings is 1. The highest BCUT2D eigenvalue weighted by Gasteiger charge is 2.31. The smallest absolute Gasteiger partial charge is 0.405 e. The van der Waals surface area contributed by atoms with Crippen LogP contribution in [0.4, 0.5) is 18.9 Å². The van der Waals surface area contributed by atoms with E-state index in [2.05, 4.69) is 36.2 Å². The van der Waals surface area contributed by atoms with E-state index in [-0.39, 0.29) is 10.2 Å². The molecule has 0 fully saturated rings. The summed E-state index contributed by atoms with van der Waals surface area (Å²) in [4.78, 5) is 0. The number of alkyl halides is 3. The first-order chi connectivity index (χ1) is 9.35. The van der Waals surface area contributed by atoms with E-state index in [1.165, 1.54) is 18.2 Å². The number of rotatable bonds is 4. The van der Waals surface area contributed by atoms with Crippen LogP contribution in [0.1, 0.15) is 5.82 Å². The average Bonchev–Trinajstić information content (AvgIpc) is 2.74. The Hall–Kier alpha value is -1.77. The normalized spacial score (nSPS) is 11.4. The molecule has 0 atom stereocenters. The SMILES string of the molecule is Cn1cnnc1CNc1ccc(OC(F)(F)F)c(Br)c1. The number of nitrogens with one attached hydrogen (secondary N) is 1. The lowest BCUT2D eigenvalue weighted by atomic mass is 10.3. The summed E-state index contributed by atoms with van der Waals surface area (Å²) in [6.45, 7) is 0.405. The van der Waals surface area contributed by atoms with Crippen molar-refractivity contribution in [3.05, 3.63) is 34.8 Å². The summed E-state index contributed by atoms with van der Waals surface area (Å²) < 4.78 is 42.2. The molecule has 0 aliphatic carbocycles. The molecular weight excluding hydrogens is 341 g/mol. The van der Waals surface area contributed by atoms with E-state index in [4.69, 9.17) is 0 Å². The molecule has 0 saturated carbocycles. The highest BCUT2D eigenvalue weighted by atomic mass is 79.9. The first-order valence-corrected chi connectivity index (χ1v) is 6.26. The Labute approximate surface area is 120 Å². The second-order valence-electron chi connectivity index (χ2n) is 3.90. The maximum Gasteiger partial charge on any atom is 0.573 e. The average molecular weight is 351 g/mol. The maximum atomic E-state index is 12.1. The van der Waals surface area contributed by atoms with Gasteiger partial charge in [-0.25, -0.2) is 0 Å². The number of ether oxygens (including phenoxy) is 1. The van der Waals surface area contributed by atoms with Gasteiger partial charge in [-0.2, -0.15) is 0 Å². The number of aromatic nitrogens is 3. The van der Waals surface area contributed by atoms with Crippen LogP contribution >= 0.6 is 15.9 Å². The molecule has 1 heterocycles. The lowest BCUT2D eigenvalue weighted by Crippen LogP contribution is -2.17. The highest BCUT2D eigenvalue weighted by Crippen LogP contribution is 2.32. The van der Waals surface area contributed by atoms with E-state index in [1.807, 2.05) is 0 Å². The monoisotopic (exact) mass is 350 g/mol. The van der Waals surface area contributed by atoms with Crippen molar-refractivity contribution in [3.63, 3.8) is 0 Å². The molecule has 5 nitrogen and oxygen atoms in total. The van der Waals surface area contributed by atoms with Crippen molar-refractivity contribution >= 4 is 21.6 Å². The maximum absolute atomic E-state index is 12.1. The molecule has 20 heavy (non-hydrogen) atoms. The van der Waals surface area contributed by atoms with Crippen molar-refractivity contribution < 1.29 is 17.9 Å². The second-order valence-corrected chi connectivity index (χ2v) is 4.76. The van der Waals surface area contributed by atoms with E-state index in [0.29, 0.717) is 18.1 Å². The van der Waals surface area contributed by atoms with Crippen LogP contribution in [-0.4, -0.2) is 21.1 Å². The molecule has 108 valence electrons. The van der Waals surface area contributed by atoms with Crippen LogP contribution in [0.3, 0.4) is 0 Å². The molecular formula is C11H10BrF3N4O. The van der Waals surface area contributed by atoms with E-state index in [0.717, 1.165) is 0 Å². The number of hydrogen-bond acceptors (Lipinski definition) is 4. The summed E-state index contributed by atoms with van der Waals surface area (Å²) in [5.74, 6) is 0.415. The second kappa shape index (κ2) is 5.70. The van der Waals surface area contributed by atoms with Gasteiger partial charge in [-0.05, 0) is 34.1 Å². The molecule has 0 bridgehead atoms. The molecule has 0 aliphatic heterocycles. The van der Waals surface area contributed by atoms with Gasteiger partial charge in [-0.1, -0.05) is 0 Å². The van der Waals surface area contributed by atoms with Crippen LogP contribution in [0, 0.1) is 0 Å². The molecule has 0 saturated heterocycles. The van der Waals surface area contributed by atoms with Gasteiger partial charge in [0.15, 0.2) is 5.82 Å². The van der Waals surface area contributed by atoms with Crippen LogP contribution < -0.4 is 10.1 Å². The molecule has 1 N–H and O–H groups in total. The highest BCUT2D eigenvalue weighted by molar-refractivity contribution is 9.10. The van der Waals surface area contributed by atoms with Crippen LogP contribution in [-0.2, 0) is 13.6 Å².